The Morgan fingerprint density at radius 3 is 2.70 bits per heavy atom. The van der Waals surface area contributed by atoms with Crippen molar-refractivity contribution < 1.29 is 14.3 Å². The Hall–Kier alpha value is -1.89. The van der Waals surface area contributed by atoms with Crippen molar-refractivity contribution in [2.75, 3.05) is 20.2 Å². The van der Waals surface area contributed by atoms with Crippen molar-refractivity contribution in [3.63, 3.8) is 0 Å². The second-order valence-corrected chi connectivity index (χ2v) is 6.41. The lowest BCUT2D eigenvalue weighted by molar-refractivity contribution is -0.136. The van der Waals surface area contributed by atoms with Gasteiger partial charge in [0.1, 0.15) is 0 Å². The molecule has 2 amide bonds. The molecule has 0 aromatic carbocycles. The van der Waals surface area contributed by atoms with Gasteiger partial charge in [-0.2, -0.15) is 5.10 Å². The maximum absolute atomic E-state index is 12.3. The van der Waals surface area contributed by atoms with E-state index in [1.54, 1.807) is 7.11 Å². The molecule has 3 rings (SSSR count). The maximum atomic E-state index is 12.3. The van der Waals surface area contributed by atoms with Crippen molar-refractivity contribution in [1.82, 2.24) is 20.4 Å². The van der Waals surface area contributed by atoms with Crippen molar-refractivity contribution in [1.29, 1.82) is 0 Å². The van der Waals surface area contributed by atoms with Crippen LogP contribution in [0.15, 0.2) is 6.07 Å². The van der Waals surface area contributed by atoms with E-state index in [4.69, 9.17) is 4.74 Å². The Kier molecular flexibility index (Phi) is 4.95. The van der Waals surface area contributed by atoms with Crippen molar-refractivity contribution in [3.05, 3.63) is 17.5 Å². The Morgan fingerprint density at radius 2 is 2.04 bits per heavy atom. The normalized spacial score (nSPS) is 18.9. The predicted octanol–water partition coefficient (Wildman–Crippen LogP) is 0.821. The summed E-state index contributed by atoms with van der Waals surface area (Å²) in [6.07, 6.45) is 3.58. The van der Waals surface area contributed by atoms with Gasteiger partial charge in [-0.1, -0.05) is 0 Å². The van der Waals surface area contributed by atoms with Gasteiger partial charge in [-0.25, -0.2) is 0 Å². The molecule has 1 saturated carbocycles. The number of likely N-dealkylation sites (tertiary alicyclic amines) is 1. The summed E-state index contributed by atoms with van der Waals surface area (Å²) in [7, 11) is 1.62. The van der Waals surface area contributed by atoms with Crippen LogP contribution in [-0.2, 0) is 27.5 Å². The van der Waals surface area contributed by atoms with Gasteiger partial charge >= 0.3 is 0 Å². The molecule has 0 bridgehead atoms. The quantitative estimate of drug-likeness (QED) is 0.812. The second kappa shape index (κ2) is 7.12. The second-order valence-electron chi connectivity index (χ2n) is 6.41. The third kappa shape index (κ3) is 4.10. The number of hydrogen-bond acceptors (Lipinski definition) is 4. The highest BCUT2D eigenvalue weighted by Crippen LogP contribution is 2.32. The average Bonchev–Trinajstić information content (AvgIpc) is 3.33. The third-order valence-corrected chi connectivity index (χ3v) is 4.53. The Balaban J connectivity index is 1.41. The molecule has 126 valence electrons. The summed E-state index contributed by atoms with van der Waals surface area (Å²) in [4.78, 5) is 26.2. The van der Waals surface area contributed by atoms with Gasteiger partial charge in [-0.3, -0.25) is 14.7 Å². The topological polar surface area (TPSA) is 87.3 Å². The van der Waals surface area contributed by atoms with Crippen LogP contribution in [-0.4, -0.2) is 47.1 Å². The summed E-state index contributed by atoms with van der Waals surface area (Å²) in [6, 6.07) is 1.89. The number of nitrogens with one attached hydrogen (secondary N) is 2. The molecule has 7 heteroatoms. The predicted molar refractivity (Wildman–Crippen MR) is 83.2 cm³/mol. The van der Waals surface area contributed by atoms with Crippen LogP contribution < -0.4 is 5.32 Å². The summed E-state index contributed by atoms with van der Waals surface area (Å²) in [5.74, 6) is 0.611. The lowest BCUT2D eigenvalue weighted by atomic mass is 9.95. The number of rotatable bonds is 6. The van der Waals surface area contributed by atoms with E-state index < -0.39 is 0 Å². The molecule has 1 aliphatic heterocycles. The number of H-pyrrole nitrogens is 1. The molecule has 1 aromatic heterocycles. The van der Waals surface area contributed by atoms with Gasteiger partial charge in [-0.15, -0.1) is 0 Å². The van der Waals surface area contributed by atoms with E-state index in [2.05, 4.69) is 15.5 Å². The fraction of sp³-hybridized carbons (Fsp3) is 0.688. The Labute approximate surface area is 135 Å². The first kappa shape index (κ1) is 16.0. The lowest BCUT2D eigenvalue weighted by Crippen LogP contribution is -2.43. The highest BCUT2D eigenvalue weighted by atomic mass is 16.5. The van der Waals surface area contributed by atoms with Crippen LogP contribution >= 0.6 is 0 Å². The molecule has 2 aliphatic rings. The molecular weight excluding hydrogens is 296 g/mol. The largest absolute Gasteiger partial charge is 0.378 e. The van der Waals surface area contributed by atoms with Crippen molar-refractivity contribution in [2.45, 2.75) is 38.8 Å². The molecule has 0 unspecified atom stereocenters. The molecule has 2 heterocycles. The number of amides is 2. The van der Waals surface area contributed by atoms with Crippen LogP contribution in [0.4, 0.5) is 0 Å². The number of hydrogen-bond donors (Lipinski definition) is 2. The zero-order chi connectivity index (χ0) is 16.2. The fourth-order valence-corrected chi connectivity index (χ4v) is 3.00. The first-order valence-corrected chi connectivity index (χ1v) is 8.26. The van der Waals surface area contributed by atoms with Gasteiger partial charge in [0.05, 0.1) is 24.5 Å². The van der Waals surface area contributed by atoms with Crippen LogP contribution in [0.1, 0.15) is 37.1 Å². The molecule has 1 aliphatic carbocycles. The zero-order valence-electron chi connectivity index (χ0n) is 13.5. The molecule has 23 heavy (non-hydrogen) atoms. The lowest BCUT2D eigenvalue weighted by Gasteiger charge is -2.31. The molecule has 0 atom stereocenters. The number of ether oxygens (including phenoxy) is 1. The van der Waals surface area contributed by atoms with Crippen LogP contribution in [0, 0.1) is 11.8 Å². The summed E-state index contributed by atoms with van der Waals surface area (Å²) < 4.78 is 5.01. The van der Waals surface area contributed by atoms with E-state index in [1.807, 2.05) is 11.0 Å². The van der Waals surface area contributed by atoms with Gasteiger partial charge < -0.3 is 15.0 Å². The van der Waals surface area contributed by atoms with Crippen LogP contribution in [0.5, 0.6) is 0 Å². The van der Waals surface area contributed by atoms with Crippen molar-refractivity contribution in [2.24, 2.45) is 11.8 Å². The third-order valence-electron chi connectivity index (χ3n) is 4.53. The number of carbonyl (C=O) groups is 2. The van der Waals surface area contributed by atoms with Crippen LogP contribution in [0.2, 0.25) is 0 Å². The van der Waals surface area contributed by atoms with E-state index in [1.165, 1.54) is 0 Å². The number of piperidine rings is 1. The minimum Gasteiger partial charge on any atom is -0.378 e. The number of nitrogens with zero attached hydrogens (tertiary/aromatic N) is 2. The van der Waals surface area contributed by atoms with Crippen molar-refractivity contribution >= 4 is 11.8 Å². The van der Waals surface area contributed by atoms with Crippen LogP contribution in [0.25, 0.3) is 0 Å². The zero-order valence-corrected chi connectivity index (χ0v) is 13.5. The number of methoxy groups -OCH3 is 1. The van der Waals surface area contributed by atoms with E-state index in [0.29, 0.717) is 26.2 Å². The molecule has 2 N–H and O–H groups in total. The summed E-state index contributed by atoms with van der Waals surface area (Å²) >= 11 is 0. The van der Waals surface area contributed by atoms with Gasteiger partial charge in [0, 0.05) is 32.0 Å². The molecule has 0 spiro atoms. The average molecular weight is 320 g/mol. The number of aromatic amines is 1. The minimum atomic E-state index is -0.000352. The van der Waals surface area contributed by atoms with Crippen LogP contribution in [0.3, 0.4) is 0 Å². The SMILES string of the molecule is COCc1cc(CNC(=O)C2CCN(C(=O)C3CC3)CC2)[nH]n1. The van der Waals surface area contributed by atoms with Gasteiger partial charge in [0.15, 0.2) is 0 Å². The van der Waals surface area contributed by atoms with E-state index in [0.717, 1.165) is 37.1 Å². The highest BCUT2D eigenvalue weighted by molar-refractivity contribution is 5.82. The Bertz CT molecular complexity index is 559. The molecule has 0 radical (unpaired) electrons. The Morgan fingerprint density at radius 1 is 1.30 bits per heavy atom. The van der Waals surface area contributed by atoms with Gasteiger partial charge in [0.25, 0.3) is 0 Å². The maximum Gasteiger partial charge on any atom is 0.225 e. The van der Waals surface area contributed by atoms with Crippen molar-refractivity contribution in [3.8, 4) is 0 Å². The summed E-state index contributed by atoms with van der Waals surface area (Å²) in [5, 5.41) is 9.94. The van der Waals surface area contributed by atoms with Gasteiger partial charge in [0.2, 0.25) is 11.8 Å². The highest BCUT2D eigenvalue weighted by Gasteiger charge is 2.35. The summed E-state index contributed by atoms with van der Waals surface area (Å²) in [6.45, 7) is 2.31. The molecule has 1 saturated heterocycles. The smallest absolute Gasteiger partial charge is 0.225 e. The first-order chi connectivity index (χ1) is 11.2. The van der Waals surface area contributed by atoms with E-state index in [-0.39, 0.29) is 23.7 Å². The summed E-state index contributed by atoms with van der Waals surface area (Å²) in [5.41, 5.74) is 1.69. The van der Waals surface area contributed by atoms with E-state index in [9.17, 15) is 9.59 Å². The monoisotopic (exact) mass is 320 g/mol. The molecule has 7 nitrogen and oxygen atoms in total. The molecular formula is C16H24N4O3. The fourth-order valence-electron chi connectivity index (χ4n) is 3.00. The molecule has 1 aromatic rings. The van der Waals surface area contributed by atoms with Gasteiger partial charge in [-0.05, 0) is 31.7 Å². The standard InChI is InChI=1S/C16H24N4O3/c1-23-10-14-8-13(18-19-14)9-17-15(21)11-4-6-20(7-5-11)16(22)12-2-3-12/h8,11-12H,2-7,9-10H2,1H3,(H,17,21)(H,18,19). The number of aromatic nitrogens is 2. The first-order valence-electron chi connectivity index (χ1n) is 8.26. The van der Waals surface area contributed by atoms with E-state index >= 15 is 0 Å². The number of carbonyl (C=O) groups excluding carboxylic acids is 2. The molecule has 2 fully saturated rings. The minimum absolute atomic E-state index is 0.000352.